The number of aliphatic hydroxyl groups excluding tert-OH is 1. The second kappa shape index (κ2) is 4.25. The number of aromatic hydroxyl groups is 1. The molecule has 0 saturated carbocycles. The number of nitrogens with two attached hydrogens (primary N) is 1. The van der Waals surface area contributed by atoms with Crippen molar-refractivity contribution in [2.24, 2.45) is 5.73 Å². The van der Waals surface area contributed by atoms with Crippen LogP contribution in [-0.4, -0.2) is 16.3 Å². The average Bonchev–Trinajstić information content (AvgIpc) is 2.17. The van der Waals surface area contributed by atoms with Crippen LogP contribution in [0, 0.1) is 0 Å². The monoisotopic (exact) mass is 181 g/mol. The first-order valence-electron chi connectivity index (χ1n) is 4.37. The Kier molecular flexibility index (Phi) is 3.28. The van der Waals surface area contributed by atoms with E-state index in [0.717, 1.165) is 5.56 Å². The molecular weight excluding hydrogens is 166 g/mol. The zero-order valence-electron chi connectivity index (χ0n) is 7.64. The topological polar surface area (TPSA) is 66.5 Å². The van der Waals surface area contributed by atoms with Gasteiger partial charge in [-0.15, -0.1) is 0 Å². The Labute approximate surface area is 77.8 Å². The van der Waals surface area contributed by atoms with Gasteiger partial charge in [0.1, 0.15) is 5.75 Å². The van der Waals surface area contributed by atoms with Gasteiger partial charge in [-0.2, -0.15) is 0 Å². The van der Waals surface area contributed by atoms with Gasteiger partial charge in [0, 0.05) is 0 Å². The molecule has 1 aromatic carbocycles. The van der Waals surface area contributed by atoms with E-state index in [1.807, 2.05) is 6.92 Å². The third-order valence-electron chi connectivity index (χ3n) is 2.11. The van der Waals surface area contributed by atoms with Crippen molar-refractivity contribution >= 4 is 0 Å². The molecule has 0 heterocycles. The number of hydrogen-bond donors (Lipinski definition) is 3. The molecular formula is C10H15NO2. The Hall–Kier alpha value is -1.06. The van der Waals surface area contributed by atoms with Gasteiger partial charge in [-0.25, -0.2) is 0 Å². The van der Waals surface area contributed by atoms with Gasteiger partial charge in [0.05, 0.1) is 12.1 Å². The van der Waals surface area contributed by atoms with Crippen LogP contribution in [0.25, 0.3) is 0 Å². The summed E-state index contributed by atoms with van der Waals surface area (Å²) in [4.78, 5) is 0. The van der Waals surface area contributed by atoms with Crippen molar-refractivity contribution in [3.63, 3.8) is 0 Å². The van der Waals surface area contributed by atoms with Crippen molar-refractivity contribution in [1.82, 2.24) is 0 Å². The second-order valence-corrected chi connectivity index (χ2v) is 3.09. The largest absolute Gasteiger partial charge is 0.508 e. The molecule has 0 aromatic heterocycles. The second-order valence-electron chi connectivity index (χ2n) is 3.09. The van der Waals surface area contributed by atoms with Gasteiger partial charge in [0.15, 0.2) is 0 Å². The molecule has 0 aliphatic rings. The number of aliphatic hydroxyl groups is 1. The smallest absolute Gasteiger partial charge is 0.115 e. The van der Waals surface area contributed by atoms with E-state index in [2.05, 4.69) is 0 Å². The Morgan fingerprint density at radius 1 is 1.31 bits per heavy atom. The maximum absolute atomic E-state index is 9.46. The predicted octanol–water partition coefficient (Wildman–Crippen LogP) is 1.16. The third kappa shape index (κ3) is 2.44. The average molecular weight is 181 g/mol. The van der Waals surface area contributed by atoms with Crippen LogP contribution in [0.3, 0.4) is 0 Å². The summed E-state index contributed by atoms with van der Waals surface area (Å²) >= 11 is 0. The number of benzene rings is 1. The lowest BCUT2D eigenvalue weighted by atomic mass is 10.0. The van der Waals surface area contributed by atoms with Crippen LogP contribution in [0.15, 0.2) is 24.3 Å². The fourth-order valence-electron chi connectivity index (χ4n) is 1.17. The maximum atomic E-state index is 9.46. The molecule has 72 valence electrons. The van der Waals surface area contributed by atoms with Gasteiger partial charge in [-0.3, -0.25) is 0 Å². The first-order valence-corrected chi connectivity index (χ1v) is 4.37. The van der Waals surface area contributed by atoms with Crippen molar-refractivity contribution in [2.45, 2.75) is 25.5 Å². The lowest BCUT2D eigenvalue weighted by molar-refractivity contribution is 0.140. The van der Waals surface area contributed by atoms with Gasteiger partial charge in [0.25, 0.3) is 0 Å². The first kappa shape index (κ1) is 10.0. The highest BCUT2D eigenvalue weighted by Gasteiger charge is 2.14. The fourth-order valence-corrected chi connectivity index (χ4v) is 1.17. The van der Waals surface area contributed by atoms with Crippen LogP contribution in [0.5, 0.6) is 5.75 Å². The van der Waals surface area contributed by atoms with Crippen molar-refractivity contribution < 1.29 is 10.2 Å². The minimum Gasteiger partial charge on any atom is -0.508 e. The van der Waals surface area contributed by atoms with Gasteiger partial charge in [-0.1, -0.05) is 19.1 Å². The highest BCUT2D eigenvalue weighted by atomic mass is 16.3. The van der Waals surface area contributed by atoms with E-state index >= 15 is 0 Å². The van der Waals surface area contributed by atoms with Crippen LogP contribution in [-0.2, 0) is 0 Å². The molecule has 0 aliphatic heterocycles. The summed E-state index contributed by atoms with van der Waals surface area (Å²) in [5.41, 5.74) is 6.61. The normalized spacial score (nSPS) is 15.3. The first-order chi connectivity index (χ1) is 6.15. The molecule has 0 spiro atoms. The zero-order chi connectivity index (χ0) is 9.84. The Balaban J connectivity index is 2.77. The molecule has 1 rings (SSSR count). The third-order valence-corrected chi connectivity index (χ3v) is 2.11. The SMILES string of the molecule is CCC(O)C(N)c1ccc(O)cc1. The quantitative estimate of drug-likeness (QED) is 0.655. The molecule has 2 unspecified atom stereocenters. The minimum absolute atomic E-state index is 0.210. The Morgan fingerprint density at radius 3 is 2.31 bits per heavy atom. The summed E-state index contributed by atoms with van der Waals surface area (Å²) in [6, 6.07) is 6.21. The number of phenols is 1. The van der Waals surface area contributed by atoms with Crippen molar-refractivity contribution in [3.05, 3.63) is 29.8 Å². The molecule has 0 amide bonds. The molecule has 3 nitrogen and oxygen atoms in total. The molecule has 0 saturated heterocycles. The molecule has 1 aromatic rings. The predicted molar refractivity (Wildman–Crippen MR) is 51.3 cm³/mol. The van der Waals surface area contributed by atoms with E-state index in [0.29, 0.717) is 6.42 Å². The highest BCUT2D eigenvalue weighted by Crippen LogP contribution is 2.18. The van der Waals surface area contributed by atoms with Crippen molar-refractivity contribution in [3.8, 4) is 5.75 Å². The van der Waals surface area contributed by atoms with Gasteiger partial charge < -0.3 is 15.9 Å². The number of phenolic OH excluding ortho intramolecular Hbond substituents is 1. The van der Waals surface area contributed by atoms with E-state index < -0.39 is 6.10 Å². The highest BCUT2D eigenvalue weighted by molar-refractivity contribution is 5.28. The number of rotatable bonds is 3. The van der Waals surface area contributed by atoms with E-state index in [4.69, 9.17) is 10.8 Å². The van der Waals surface area contributed by atoms with Crippen LogP contribution in [0.1, 0.15) is 24.9 Å². The van der Waals surface area contributed by atoms with Crippen LogP contribution in [0.4, 0.5) is 0 Å². The van der Waals surface area contributed by atoms with Crippen LogP contribution in [0.2, 0.25) is 0 Å². The Bertz CT molecular complexity index is 258. The van der Waals surface area contributed by atoms with E-state index in [1.165, 1.54) is 0 Å². The summed E-state index contributed by atoms with van der Waals surface area (Å²) in [5, 5.41) is 18.5. The Morgan fingerprint density at radius 2 is 1.85 bits per heavy atom. The van der Waals surface area contributed by atoms with E-state index in [-0.39, 0.29) is 11.8 Å². The summed E-state index contributed by atoms with van der Waals surface area (Å²) in [6.45, 7) is 1.88. The van der Waals surface area contributed by atoms with Gasteiger partial charge in [0.2, 0.25) is 0 Å². The van der Waals surface area contributed by atoms with Crippen molar-refractivity contribution in [2.75, 3.05) is 0 Å². The van der Waals surface area contributed by atoms with E-state index in [9.17, 15) is 5.11 Å². The molecule has 2 atom stereocenters. The summed E-state index contributed by atoms with van der Waals surface area (Å²) < 4.78 is 0. The van der Waals surface area contributed by atoms with Crippen LogP contribution < -0.4 is 5.73 Å². The lowest BCUT2D eigenvalue weighted by Gasteiger charge is -2.17. The molecule has 0 aliphatic carbocycles. The summed E-state index contributed by atoms with van der Waals surface area (Å²) in [5.74, 6) is 0.210. The fraction of sp³-hybridized carbons (Fsp3) is 0.400. The van der Waals surface area contributed by atoms with Crippen LogP contribution >= 0.6 is 0 Å². The molecule has 13 heavy (non-hydrogen) atoms. The molecule has 4 N–H and O–H groups in total. The summed E-state index contributed by atoms with van der Waals surface area (Å²) in [7, 11) is 0. The summed E-state index contributed by atoms with van der Waals surface area (Å²) in [6.07, 6.45) is 0.103. The maximum Gasteiger partial charge on any atom is 0.115 e. The van der Waals surface area contributed by atoms with E-state index in [1.54, 1.807) is 24.3 Å². The standard InChI is InChI=1S/C10H15NO2/c1-2-9(13)10(11)7-3-5-8(12)6-4-7/h3-6,9-10,12-13H,2,11H2,1H3. The molecule has 0 fully saturated rings. The van der Waals surface area contributed by atoms with Crippen molar-refractivity contribution in [1.29, 1.82) is 0 Å². The molecule has 0 bridgehead atoms. The molecule has 3 heteroatoms. The van der Waals surface area contributed by atoms with Gasteiger partial charge >= 0.3 is 0 Å². The molecule has 0 radical (unpaired) electrons. The number of hydrogen-bond acceptors (Lipinski definition) is 3. The zero-order valence-corrected chi connectivity index (χ0v) is 7.64. The van der Waals surface area contributed by atoms with Gasteiger partial charge in [-0.05, 0) is 24.1 Å². The minimum atomic E-state index is -0.524. The lowest BCUT2D eigenvalue weighted by Crippen LogP contribution is -2.25.